The number of rotatable bonds is 5. The van der Waals surface area contributed by atoms with Gasteiger partial charge in [-0.15, -0.1) is 0 Å². The average Bonchev–Trinajstić information content (AvgIpc) is 2.16. The van der Waals surface area contributed by atoms with Crippen molar-refractivity contribution in [1.82, 2.24) is 0 Å². The lowest BCUT2D eigenvalue weighted by molar-refractivity contribution is 0.578. The summed E-state index contributed by atoms with van der Waals surface area (Å²) in [5.74, 6) is -1.21. The number of hydrogen-bond acceptors (Lipinski definition) is 2. The zero-order chi connectivity index (χ0) is 12.1. The van der Waals surface area contributed by atoms with E-state index in [4.69, 9.17) is 11.1 Å². The minimum absolute atomic E-state index is 0.299. The SMILES string of the molecule is CCCC(=N)[C@@H](N)Cc1cc(F)cc(F)c1. The molecule has 3 N–H and O–H groups in total. The Morgan fingerprint density at radius 1 is 1.31 bits per heavy atom. The van der Waals surface area contributed by atoms with E-state index in [1.165, 1.54) is 12.1 Å². The second kappa shape index (κ2) is 5.70. The molecule has 88 valence electrons. The quantitative estimate of drug-likeness (QED) is 0.745. The van der Waals surface area contributed by atoms with Gasteiger partial charge in [-0.25, -0.2) is 8.78 Å². The van der Waals surface area contributed by atoms with E-state index in [9.17, 15) is 8.78 Å². The minimum Gasteiger partial charge on any atom is -0.323 e. The summed E-state index contributed by atoms with van der Waals surface area (Å²) < 4.78 is 25.8. The molecule has 16 heavy (non-hydrogen) atoms. The van der Waals surface area contributed by atoms with Crippen LogP contribution in [0.5, 0.6) is 0 Å². The molecule has 0 saturated heterocycles. The molecule has 0 aliphatic heterocycles. The standard InChI is InChI=1S/C12H16F2N2/c1-2-3-11(15)12(16)6-8-4-9(13)7-10(14)5-8/h4-5,7,12,15H,2-3,6,16H2,1H3/t12-/m0/s1. The molecule has 0 fully saturated rings. The van der Waals surface area contributed by atoms with Crippen molar-refractivity contribution in [2.24, 2.45) is 5.73 Å². The minimum atomic E-state index is -0.607. The van der Waals surface area contributed by atoms with E-state index in [2.05, 4.69) is 0 Å². The fourth-order valence-corrected chi connectivity index (χ4v) is 1.56. The van der Waals surface area contributed by atoms with Crippen molar-refractivity contribution in [1.29, 1.82) is 5.41 Å². The maximum atomic E-state index is 12.9. The predicted octanol–water partition coefficient (Wildman–Crippen LogP) is 2.65. The molecule has 0 spiro atoms. The first-order valence-electron chi connectivity index (χ1n) is 5.30. The van der Waals surface area contributed by atoms with Crippen molar-refractivity contribution < 1.29 is 8.78 Å². The van der Waals surface area contributed by atoms with Crippen molar-refractivity contribution in [2.75, 3.05) is 0 Å². The van der Waals surface area contributed by atoms with Gasteiger partial charge in [-0.05, 0) is 30.5 Å². The first-order chi connectivity index (χ1) is 7.52. The first kappa shape index (κ1) is 12.8. The molecule has 1 atom stereocenters. The monoisotopic (exact) mass is 226 g/mol. The van der Waals surface area contributed by atoms with Gasteiger partial charge in [-0.2, -0.15) is 0 Å². The van der Waals surface area contributed by atoms with Gasteiger partial charge in [0.15, 0.2) is 0 Å². The highest BCUT2D eigenvalue weighted by Crippen LogP contribution is 2.10. The van der Waals surface area contributed by atoms with E-state index < -0.39 is 17.7 Å². The maximum Gasteiger partial charge on any atom is 0.126 e. The molecular weight excluding hydrogens is 210 g/mol. The summed E-state index contributed by atoms with van der Waals surface area (Å²) in [4.78, 5) is 0. The van der Waals surface area contributed by atoms with Crippen LogP contribution in [-0.4, -0.2) is 11.8 Å². The molecule has 0 heterocycles. The van der Waals surface area contributed by atoms with Crippen LogP contribution in [0.3, 0.4) is 0 Å². The van der Waals surface area contributed by atoms with Crippen LogP contribution in [-0.2, 0) is 6.42 Å². The number of halogens is 2. The average molecular weight is 226 g/mol. The van der Waals surface area contributed by atoms with E-state index in [-0.39, 0.29) is 0 Å². The Bertz CT molecular complexity index is 357. The molecule has 1 aromatic carbocycles. The smallest absolute Gasteiger partial charge is 0.126 e. The van der Waals surface area contributed by atoms with E-state index in [0.717, 1.165) is 12.5 Å². The third-order valence-corrected chi connectivity index (χ3v) is 2.34. The zero-order valence-corrected chi connectivity index (χ0v) is 9.26. The third kappa shape index (κ3) is 3.70. The van der Waals surface area contributed by atoms with Gasteiger partial charge in [0.1, 0.15) is 11.6 Å². The summed E-state index contributed by atoms with van der Waals surface area (Å²) in [6, 6.07) is 2.87. The fourth-order valence-electron chi connectivity index (χ4n) is 1.56. The molecule has 0 aliphatic carbocycles. The zero-order valence-electron chi connectivity index (χ0n) is 9.26. The van der Waals surface area contributed by atoms with E-state index in [1.807, 2.05) is 6.92 Å². The Kier molecular flexibility index (Phi) is 4.55. The van der Waals surface area contributed by atoms with Crippen LogP contribution in [0.15, 0.2) is 18.2 Å². The number of nitrogens with one attached hydrogen (secondary N) is 1. The summed E-state index contributed by atoms with van der Waals surface area (Å²) >= 11 is 0. The molecule has 1 aromatic rings. The lowest BCUT2D eigenvalue weighted by atomic mass is 10.00. The first-order valence-corrected chi connectivity index (χ1v) is 5.30. The van der Waals surface area contributed by atoms with Crippen LogP contribution >= 0.6 is 0 Å². The molecule has 0 aromatic heterocycles. The number of nitrogens with two attached hydrogens (primary N) is 1. The molecule has 0 amide bonds. The van der Waals surface area contributed by atoms with Crippen LogP contribution in [0.25, 0.3) is 0 Å². The summed E-state index contributed by atoms with van der Waals surface area (Å²) in [5, 5.41) is 7.64. The van der Waals surface area contributed by atoms with Crippen LogP contribution < -0.4 is 5.73 Å². The highest BCUT2D eigenvalue weighted by atomic mass is 19.1. The molecule has 0 radical (unpaired) electrons. The topological polar surface area (TPSA) is 49.9 Å². The molecule has 0 bridgehead atoms. The van der Waals surface area contributed by atoms with Gasteiger partial charge >= 0.3 is 0 Å². The van der Waals surface area contributed by atoms with Crippen molar-refractivity contribution in [3.63, 3.8) is 0 Å². The van der Waals surface area contributed by atoms with Gasteiger partial charge in [0, 0.05) is 17.8 Å². The number of benzene rings is 1. The molecule has 1 rings (SSSR count). The van der Waals surface area contributed by atoms with Crippen LogP contribution in [0, 0.1) is 17.0 Å². The summed E-state index contributed by atoms with van der Waals surface area (Å²) in [6.45, 7) is 1.96. The largest absolute Gasteiger partial charge is 0.323 e. The summed E-state index contributed by atoms with van der Waals surface area (Å²) in [5.41, 5.74) is 6.68. The highest BCUT2D eigenvalue weighted by molar-refractivity contribution is 5.86. The van der Waals surface area contributed by atoms with E-state index in [0.29, 0.717) is 24.1 Å². The Balaban J connectivity index is 2.69. The van der Waals surface area contributed by atoms with Gasteiger partial charge in [0.05, 0.1) is 0 Å². The van der Waals surface area contributed by atoms with Gasteiger partial charge < -0.3 is 11.1 Å². The fraction of sp³-hybridized carbons (Fsp3) is 0.417. The van der Waals surface area contributed by atoms with Crippen LogP contribution in [0.1, 0.15) is 25.3 Å². The predicted molar refractivity (Wildman–Crippen MR) is 60.7 cm³/mol. The molecule has 0 unspecified atom stereocenters. The van der Waals surface area contributed by atoms with E-state index in [1.54, 1.807) is 0 Å². The normalized spacial score (nSPS) is 12.5. The Hall–Kier alpha value is -1.29. The Labute approximate surface area is 94.0 Å². The van der Waals surface area contributed by atoms with Crippen molar-refractivity contribution >= 4 is 5.71 Å². The van der Waals surface area contributed by atoms with Crippen molar-refractivity contribution in [2.45, 2.75) is 32.2 Å². The molecule has 2 nitrogen and oxygen atoms in total. The lowest BCUT2D eigenvalue weighted by Gasteiger charge is -2.12. The summed E-state index contributed by atoms with van der Waals surface area (Å²) in [7, 11) is 0. The van der Waals surface area contributed by atoms with Gasteiger partial charge in [-0.1, -0.05) is 13.3 Å². The second-order valence-corrected chi connectivity index (χ2v) is 3.86. The molecule has 0 aliphatic rings. The van der Waals surface area contributed by atoms with Gasteiger partial charge in [-0.3, -0.25) is 0 Å². The Morgan fingerprint density at radius 2 is 1.88 bits per heavy atom. The number of hydrogen-bond donors (Lipinski definition) is 2. The van der Waals surface area contributed by atoms with Crippen LogP contribution in [0.2, 0.25) is 0 Å². The Morgan fingerprint density at radius 3 is 2.38 bits per heavy atom. The molecule has 0 saturated carbocycles. The third-order valence-electron chi connectivity index (χ3n) is 2.34. The van der Waals surface area contributed by atoms with Crippen molar-refractivity contribution in [3.8, 4) is 0 Å². The lowest BCUT2D eigenvalue weighted by Crippen LogP contribution is -2.32. The van der Waals surface area contributed by atoms with Crippen molar-refractivity contribution in [3.05, 3.63) is 35.4 Å². The van der Waals surface area contributed by atoms with Gasteiger partial charge in [0.25, 0.3) is 0 Å². The van der Waals surface area contributed by atoms with E-state index >= 15 is 0 Å². The van der Waals surface area contributed by atoms with Gasteiger partial charge in [0.2, 0.25) is 0 Å². The summed E-state index contributed by atoms with van der Waals surface area (Å²) in [6.07, 6.45) is 1.77. The maximum absolute atomic E-state index is 12.9. The van der Waals surface area contributed by atoms with Crippen LogP contribution in [0.4, 0.5) is 8.78 Å². The highest BCUT2D eigenvalue weighted by Gasteiger charge is 2.10. The second-order valence-electron chi connectivity index (χ2n) is 3.86. The molecular formula is C12H16F2N2. The molecule has 4 heteroatoms.